The van der Waals surface area contributed by atoms with Crippen LogP contribution < -0.4 is 14.2 Å². The second kappa shape index (κ2) is 7.44. The van der Waals surface area contributed by atoms with Crippen molar-refractivity contribution in [1.29, 1.82) is 0 Å². The van der Waals surface area contributed by atoms with E-state index in [1.54, 1.807) is 42.5 Å². The van der Waals surface area contributed by atoms with Gasteiger partial charge >= 0.3 is 5.97 Å². The molecule has 0 spiro atoms. The highest BCUT2D eigenvalue weighted by Gasteiger charge is 2.40. The van der Waals surface area contributed by atoms with Gasteiger partial charge in [-0.2, -0.15) is 4.72 Å². The Bertz CT molecular complexity index is 975. The fourth-order valence-corrected chi connectivity index (χ4v) is 5.06. The van der Waals surface area contributed by atoms with Crippen LogP contribution in [0.15, 0.2) is 48.5 Å². The maximum absolute atomic E-state index is 12.4. The van der Waals surface area contributed by atoms with E-state index < -0.39 is 22.2 Å². The Labute approximate surface area is 163 Å². The first-order valence-corrected chi connectivity index (χ1v) is 10.8. The first-order chi connectivity index (χ1) is 13.4. The molecule has 1 aliphatic carbocycles. The van der Waals surface area contributed by atoms with Crippen LogP contribution in [0.4, 0.5) is 0 Å². The Morgan fingerprint density at radius 1 is 1.18 bits per heavy atom. The van der Waals surface area contributed by atoms with E-state index in [2.05, 4.69) is 4.72 Å². The number of fused-ring (bicyclic) bond motifs is 3. The van der Waals surface area contributed by atoms with Gasteiger partial charge < -0.3 is 14.6 Å². The lowest BCUT2D eigenvalue weighted by Gasteiger charge is -2.18. The molecule has 0 radical (unpaired) electrons. The minimum Gasteiger partial charge on any atom is -0.486 e. The van der Waals surface area contributed by atoms with Crippen LogP contribution in [0, 0.1) is 0 Å². The number of hydrogen-bond acceptors (Lipinski definition) is 5. The third-order valence-corrected chi connectivity index (χ3v) is 6.37. The number of aliphatic carboxylic acids is 1. The zero-order valence-corrected chi connectivity index (χ0v) is 15.9. The number of carbonyl (C=O) groups is 1. The Morgan fingerprint density at radius 2 is 1.96 bits per heavy atom. The van der Waals surface area contributed by atoms with Crippen molar-refractivity contribution in [1.82, 2.24) is 4.72 Å². The minimum atomic E-state index is -3.92. The van der Waals surface area contributed by atoms with Gasteiger partial charge in [0.15, 0.2) is 11.5 Å². The molecule has 0 saturated heterocycles. The van der Waals surface area contributed by atoms with Crippen molar-refractivity contribution in [3.8, 4) is 11.5 Å². The molecule has 1 fully saturated rings. The second-order valence-corrected chi connectivity index (χ2v) is 8.82. The van der Waals surface area contributed by atoms with E-state index in [9.17, 15) is 18.3 Å². The van der Waals surface area contributed by atoms with E-state index in [0.29, 0.717) is 11.3 Å². The average molecular weight is 403 g/mol. The van der Waals surface area contributed by atoms with E-state index in [4.69, 9.17) is 9.47 Å². The van der Waals surface area contributed by atoms with Crippen molar-refractivity contribution in [2.75, 3.05) is 0 Å². The molecule has 1 aliphatic heterocycles. The predicted octanol–water partition coefficient (Wildman–Crippen LogP) is 2.62. The number of ether oxygens (including phenoxy) is 2. The third-order valence-electron chi connectivity index (χ3n) is 5.09. The first-order valence-electron chi connectivity index (χ1n) is 9.16. The summed E-state index contributed by atoms with van der Waals surface area (Å²) in [5.74, 6) is -0.717. The molecule has 7 nitrogen and oxygen atoms in total. The van der Waals surface area contributed by atoms with Gasteiger partial charge in [-0.05, 0) is 30.9 Å². The van der Waals surface area contributed by atoms with Crippen molar-refractivity contribution in [2.45, 2.75) is 43.3 Å². The van der Waals surface area contributed by atoms with Crippen LogP contribution in [0.1, 0.15) is 36.3 Å². The molecule has 1 heterocycles. The number of hydrogen-bond donors (Lipinski definition) is 2. The third kappa shape index (κ3) is 3.83. The van der Waals surface area contributed by atoms with Crippen molar-refractivity contribution in [3.05, 3.63) is 59.7 Å². The van der Waals surface area contributed by atoms with E-state index in [1.807, 2.05) is 6.07 Å². The lowest BCUT2D eigenvalue weighted by molar-refractivity contribution is -0.145. The highest BCUT2D eigenvalue weighted by atomic mass is 32.2. The van der Waals surface area contributed by atoms with E-state index in [1.165, 1.54) is 0 Å². The van der Waals surface area contributed by atoms with Crippen molar-refractivity contribution < 1.29 is 27.8 Å². The van der Waals surface area contributed by atoms with E-state index >= 15 is 0 Å². The normalized spacial score (nSPS) is 21.4. The lowest BCUT2D eigenvalue weighted by Crippen LogP contribution is -2.45. The van der Waals surface area contributed by atoms with Gasteiger partial charge in [0.05, 0.1) is 5.75 Å². The molecule has 2 aromatic rings. The number of carboxylic acids is 1. The minimum absolute atomic E-state index is 0.0813. The summed E-state index contributed by atoms with van der Waals surface area (Å²) < 4.78 is 38.5. The van der Waals surface area contributed by atoms with Crippen LogP contribution in [0.25, 0.3) is 0 Å². The molecule has 2 aliphatic rings. The molecule has 0 aromatic heterocycles. The molecular formula is C20H21NO6S. The number of para-hydroxylation sites is 1. The quantitative estimate of drug-likeness (QED) is 0.689. The van der Waals surface area contributed by atoms with Crippen LogP contribution in [0.2, 0.25) is 0 Å². The zero-order chi connectivity index (χ0) is 19.7. The smallest absolute Gasteiger partial charge is 0.361 e. The number of rotatable bonds is 7. The number of sulfonamides is 1. The van der Waals surface area contributed by atoms with Gasteiger partial charge in [-0.3, -0.25) is 0 Å². The molecule has 0 amide bonds. The first kappa shape index (κ1) is 18.8. The molecule has 8 heteroatoms. The number of benzene rings is 2. The van der Waals surface area contributed by atoms with Gasteiger partial charge in [0.1, 0.15) is 6.10 Å². The van der Waals surface area contributed by atoms with Gasteiger partial charge in [-0.1, -0.05) is 42.5 Å². The zero-order valence-electron chi connectivity index (χ0n) is 15.1. The molecule has 28 heavy (non-hydrogen) atoms. The summed E-state index contributed by atoms with van der Waals surface area (Å²) in [6, 6.07) is 13.9. The molecule has 1 saturated carbocycles. The van der Waals surface area contributed by atoms with E-state index in [-0.39, 0.29) is 23.5 Å². The number of carboxylic acid groups (broad SMARTS) is 1. The molecule has 3 atom stereocenters. The standard InChI is InChI=1S/C20H21NO6S/c22-20(23)19(21-28(24,25)12-13-6-2-1-3-7-13)27-17-11-5-9-15-14-8-4-10-16(14)26-18(15)17/h1-3,5-7,9,11,14,16,19,21H,4,8,10,12H2,(H,22,23). The van der Waals surface area contributed by atoms with Crippen LogP contribution in [0.5, 0.6) is 11.5 Å². The Kier molecular flexibility index (Phi) is 4.99. The predicted molar refractivity (Wildman–Crippen MR) is 102 cm³/mol. The largest absolute Gasteiger partial charge is 0.486 e. The summed E-state index contributed by atoms with van der Waals surface area (Å²) in [6.45, 7) is 0. The van der Waals surface area contributed by atoms with Crippen molar-refractivity contribution in [3.63, 3.8) is 0 Å². The van der Waals surface area contributed by atoms with Gasteiger partial charge in [-0.15, -0.1) is 0 Å². The Morgan fingerprint density at radius 3 is 2.71 bits per heavy atom. The summed E-state index contributed by atoms with van der Waals surface area (Å²) in [7, 11) is -3.92. The van der Waals surface area contributed by atoms with Gasteiger partial charge in [-0.25, -0.2) is 13.2 Å². The molecule has 3 unspecified atom stereocenters. The Balaban J connectivity index is 1.53. The average Bonchev–Trinajstić information content (AvgIpc) is 3.23. The summed E-state index contributed by atoms with van der Waals surface area (Å²) in [4.78, 5) is 11.6. The summed E-state index contributed by atoms with van der Waals surface area (Å²) in [6.07, 6.45) is 1.40. The summed E-state index contributed by atoms with van der Waals surface area (Å²) in [5.41, 5.74) is 1.55. The number of nitrogens with one attached hydrogen (secondary N) is 1. The van der Waals surface area contributed by atoms with Crippen molar-refractivity contribution in [2.24, 2.45) is 0 Å². The molecule has 2 N–H and O–H groups in total. The highest BCUT2D eigenvalue weighted by Crippen LogP contribution is 2.50. The lowest BCUT2D eigenvalue weighted by atomic mass is 9.97. The van der Waals surface area contributed by atoms with Crippen LogP contribution >= 0.6 is 0 Å². The molecule has 2 aromatic carbocycles. The Hall–Kier alpha value is -2.58. The monoisotopic (exact) mass is 403 g/mol. The van der Waals surface area contributed by atoms with Gasteiger partial charge in [0, 0.05) is 11.5 Å². The molecular weight excluding hydrogens is 382 g/mol. The molecule has 4 rings (SSSR count). The molecule has 0 bridgehead atoms. The van der Waals surface area contributed by atoms with Crippen LogP contribution in [-0.4, -0.2) is 31.8 Å². The highest BCUT2D eigenvalue weighted by molar-refractivity contribution is 7.88. The maximum atomic E-state index is 12.4. The van der Waals surface area contributed by atoms with Crippen LogP contribution in [-0.2, 0) is 20.6 Å². The fourth-order valence-electron chi connectivity index (χ4n) is 3.87. The molecule has 148 valence electrons. The second-order valence-electron chi connectivity index (χ2n) is 7.07. The topological polar surface area (TPSA) is 102 Å². The van der Waals surface area contributed by atoms with Gasteiger partial charge in [0.25, 0.3) is 6.23 Å². The SMILES string of the molecule is O=C(O)C(NS(=O)(=O)Cc1ccccc1)Oc1cccc2c1OC1CCCC21. The maximum Gasteiger partial charge on any atom is 0.361 e. The van der Waals surface area contributed by atoms with E-state index in [0.717, 1.165) is 24.8 Å². The van der Waals surface area contributed by atoms with Crippen LogP contribution in [0.3, 0.4) is 0 Å². The fraction of sp³-hybridized carbons (Fsp3) is 0.350. The van der Waals surface area contributed by atoms with Gasteiger partial charge in [0.2, 0.25) is 10.0 Å². The summed E-state index contributed by atoms with van der Waals surface area (Å²) in [5, 5.41) is 9.48. The van der Waals surface area contributed by atoms with Crippen molar-refractivity contribution >= 4 is 16.0 Å². The summed E-state index contributed by atoms with van der Waals surface area (Å²) >= 11 is 0.